The van der Waals surface area contributed by atoms with Crippen molar-refractivity contribution < 1.29 is 4.79 Å². The van der Waals surface area contributed by atoms with Gasteiger partial charge in [-0.3, -0.25) is 14.2 Å². The average Bonchev–Trinajstić information content (AvgIpc) is 3.17. The lowest BCUT2D eigenvalue weighted by atomic mass is 10.2. The van der Waals surface area contributed by atoms with E-state index in [0.717, 1.165) is 17.9 Å². The van der Waals surface area contributed by atoms with Crippen LogP contribution in [0.25, 0.3) is 5.69 Å². The molecule has 7 heteroatoms. The Morgan fingerprint density at radius 2 is 1.89 bits per heavy atom. The second-order valence-corrected chi connectivity index (χ2v) is 8.45. The van der Waals surface area contributed by atoms with Gasteiger partial charge in [0.2, 0.25) is 0 Å². The van der Waals surface area contributed by atoms with E-state index in [1.165, 1.54) is 23.5 Å². The number of carbonyl (C=O) groups is 1. The van der Waals surface area contributed by atoms with Crippen LogP contribution in [0, 0.1) is 0 Å². The zero-order chi connectivity index (χ0) is 18.8. The highest BCUT2D eigenvalue weighted by atomic mass is 35.5. The molecule has 0 bridgehead atoms. The number of fused-ring (bicyclic) bond motifs is 1. The third-order valence-corrected chi connectivity index (χ3v) is 6.48. The van der Waals surface area contributed by atoms with E-state index >= 15 is 0 Å². The molecule has 1 aliphatic rings. The van der Waals surface area contributed by atoms with E-state index in [2.05, 4.69) is 0 Å². The number of rotatable bonds is 5. The third-order valence-electron chi connectivity index (χ3n) is 4.18. The van der Waals surface area contributed by atoms with Gasteiger partial charge in [-0.25, -0.2) is 4.98 Å². The Hall–Kier alpha value is -2.02. The Morgan fingerprint density at radius 3 is 2.63 bits per heavy atom. The summed E-state index contributed by atoms with van der Waals surface area (Å²) in [7, 11) is 0. The molecule has 27 heavy (non-hydrogen) atoms. The molecule has 0 saturated carbocycles. The molecule has 0 N–H and O–H groups in total. The van der Waals surface area contributed by atoms with Crippen molar-refractivity contribution in [3.05, 3.63) is 81.2 Å². The predicted molar refractivity (Wildman–Crippen MR) is 111 cm³/mol. The van der Waals surface area contributed by atoms with Gasteiger partial charge in [-0.05, 0) is 24.3 Å². The fourth-order valence-electron chi connectivity index (χ4n) is 2.84. The summed E-state index contributed by atoms with van der Waals surface area (Å²) in [6, 6.07) is 16.2. The molecule has 0 aliphatic carbocycles. The maximum Gasteiger partial charge on any atom is 0.272 e. The molecule has 4 rings (SSSR count). The van der Waals surface area contributed by atoms with E-state index < -0.39 is 0 Å². The molecule has 4 nitrogen and oxygen atoms in total. The zero-order valence-electron chi connectivity index (χ0n) is 14.2. The molecule has 0 spiro atoms. The largest absolute Gasteiger partial charge is 0.293 e. The second-order valence-electron chi connectivity index (χ2n) is 5.96. The smallest absolute Gasteiger partial charge is 0.272 e. The number of ketones is 1. The minimum atomic E-state index is -0.0838. The number of hydrogen-bond acceptors (Lipinski definition) is 5. The summed E-state index contributed by atoms with van der Waals surface area (Å²) in [4.78, 5) is 30.9. The highest BCUT2D eigenvalue weighted by molar-refractivity contribution is 8.00. The molecule has 0 unspecified atom stereocenters. The lowest BCUT2D eigenvalue weighted by Gasteiger charge is -2.13. The van der Waals surface area contributed by atoms with Crippen LogP contribution >= 0.6 is 35.1 Å². The number of hydrogen-bond donors (Lipinski definition) is 0. The number of benzene rings is 2. The van der Waals surface area contributed by atoms with Gasteiger partial charge in [-0.1, -0.05) is 53.7 Å². The van der Waals surface area contributed by atoms with Crippen molar-refractivity contribution in [2.24, 2.45) is 0 Å². The van der Waals surface area contributed by atoms with E-state index in [1.807, 2.05) is 18.2 Å². The van der Waals surface area contributed by atoms with Crippen LogP contribution < -0.4 is 5.56 Å². The molecule has 0 radical (unpaired) electrons. The maximum absolute atomic E-state index is 13.1. The Labute approximate surface area is 170 Å². The Balaban J connectivity index is 1.71. The first kappa shape index (κ1) is 18.3. The van der Waals surface area contributed by atoms with Gasteiger partial charge in [0, 0.05) is 22.8 Å². The van der Waals surface area contributed by atoms with Crippen LogP contribution in [0.15, 0.2) is 69.4 Å². The monoisotopic (exact) mass is 414 g/mol. The molecular weight excluding hydrogens is 400 g/mol. The summed E-state index contributed by atoms with van der Waals surface area (Å²) in [6.45, 7) is 0. The van der Waals surface area contributed by atoms with E-state index in [1.54, 1.807) is 41.0 Å². The fraction of sp³-hybridized carbons (Fsp3) is 0.150. The van der Waals surface area contributed by atoms with Crippen molar-refractivity contribution in [3.63, 3.8) is 0 Å². The summed E-state index contributed by atoms with van der Waals surface area (Å²) in [5.74, 6) is 1.08. The molecule has 0 atom stereocenters. The van der Waals surface area contributed by atoms with Crippen LogP contribution in [0.2, 0.25) is 5.02 Å². The number of carbonyl (C=O) groups excluding carboxylic acids is 1. The van der Waals surface area contributed by atoms with Gasteiger partial charge < -0.3 is 0 Å². The van der Waals surface area contributed by atoms with Crippen LogP contribution in [-0.2, 0) is 6.42 Å². The summed E-state index contributed by atoms with van der Waals surface area (Å²) in [5.41, 5.74) is 2.09. The standard InChI is InChI=1S/C20H15ClN2O2S2/c21-14-6-8-15(9-7-14)23-19(25)18-16(10-11-26-18)22-20(23)27-12-17(24)13-4-2-1-3-5-13/h1-9H,10-12H2. The van der Waals surface area contributed by atoms with Crippen LogP contribution in [0.5, 0.6) is 0 Å². The number of halogens is 1. The molecule has 1 aromatic heterocycles. The van der Waals surface area contributed by atoms with Gasteiger partial charge in [0.25, 0.3) is 5.56 Å². The number of Topliss-reactive ketones (excluding diaryl/α,β-unsaturated/α-hetero) is 1. The van der Waals surface area contributed by atoms with Gasteiger partial charge >= 0.3 is 0 Å². The quantitative estimate of drug-likeness (QED) is 0.349. The highest BCUT2D eigenvalue weighted by Gasteiger charge is 2.23. The molecular formula is C20H15ClN2O2S2. The molecule has 1 aliphatic heterocycles. The molecule has 2 aromatic carbocycles. The lowest BCUT2D eigenvalue weighted by Crippen LogP contribution is -2.24. The lowest BCUT2D eigenvalue weighted by molar-refractivity contribution is 0.102. The second kappa shape index (κ2) is 7.92. The molecule has 0 amide bonds. The number of thioether (sulfide) groups is 2. The van der Waals surface area contributed by atoms with Crippen molar-refractivity contribution in [3.8, 4) is 5.69 Å². The van der Waals surface area contributed by atoms with Gasteiger partial charge in [0.1, 0.15) is 0 Å². The van der Waals surface area contributed by atoms with Crippen molar-refractivity contribution >= 4 is 40.9 Å². The minimum Gasteiger partial charge on any atom is -0.293 e. The van der Waals surface area contributed by atoms with E-state index in [0.29, 0.717) is 26.3 Å². The summed E-state index contributed by atoms with van der Waals surface area (Å²) in [5, 5.41) is 1.14. The Morgan fingerprint density at radius 1 is 1.15 bits per heavy atom. The summed E-state index contributed by atoms with van der Waals surface area (Å²) in [6.07, 6.45) is 0.775. The highest BCUT2D eigenvalue weighted by Crippen LogP contribution is 2.30. The normalized spacial score (nSPS) is 12.8. The van der Waals surface area contributed by atoms with Crippen molar-refractivity contribution in [2.75, 3.05) is 11.5 Å². The molecule has 0 fully saturated rings. The average molecular weight is 415 g/mol. The summed E-state index contributed by atoms with van der Waals surface area (Å²) >= 11 is 8.81. The first-order valence-electron chi connectivity index (χ1n) is 8.39. The van der Waals surface area contributed by atoms with E-state index in [4.69, 9.17) is 16.6 Å². The van der Waals surface area contributed by atoms with Crippen molar-refractivity contribution in [2.45, 2.75) is 16.5 Å². The molecule has 0 saturated heterocycles. The van der Waals surface area contributed by atoms with Crippen molar-refractivity contribution in [1.29, 1.82) is 0 Å². The molecule has 136 valence electrons. The Bertz CT molecular complexity index is 1050. The van der Waals surface area contributed by atoms with Crippen LogP contribution in [-0.4, -0.2) is 26.8 Å². The predicted octanol–water partition coefficient (Wildman–Crippen LogP) is 4.51. The summed E-state index contributed by atoms with van der Waals surface area (Å²) < 4.78 is 1.58. The topological polar surface area (TPSA) is 52.0 Å². The van der Waals surface area contributed by atoms with Gasteiger partial charge in [0.15, 0.2) is 10.9 Å². The van der Waals surface area contributed by atoms with Crippen LogP contribution in [0.3, 0.4) is 0 Å². The van der Waals surface area contributed by atoms with Crippen molar-refractivity contribution in [1.82, 2.24) is 9.55 Å². The number of nitrogens with zero attached hydrogens (tertiary/aromatic N) is 2. The maximum atomic E-state index is 13.1. The first-order chi connectivity index (χ1) is 13.1. The zero-order valence-corrected chi connectivity index (χ0v) is 16.6. The fourth-order valence-corrected chi connectivity index (χ4v) is 4.92. The van der Waals surface area contributed by atoms with Crippen LogP contribution in [0.1, 0.15) is 16.1 Å². The SMILES string of the molecule is O=C(CSc1nc2c(c(=O)n1-c1ccc(Cl)cc1)SCC2)c1ccccc1. The van der Waals surface area contributed by atoms with Gasteiger partial charge in [0.05, 0.1) is 22.0 Å². The Kier molecular flexibility index (Phi) is 5.38. The minimum absolute atomic E-state index is 0.00683. The van der Waals surface area contributed by atoms with E-state index in [9.17, 15) is 9.59 Å². The number of aromatic nitrogens is 2. The third kappa shape index (κ3) is 3.83. The van der Waals surface area contributed by atoms with Crippen LogP contribution in [0.4, 0.5) is 0 Å². The van der Waals surface area contributed by atoms with Gasteiger partial charge in [-0.2, -0.15) is 0 Å². The van der Waals surface area contributed by atoms with E-state index in [-0.39, 0.29) is 17.1 Å². The van der Waals surface area contributed by atoms with Gasteiger partial charge in [-0.15, -0.1) is 11.8 Å². The first-order valence-corrected chi connectivity index (χ1v) is 10.7. The molecule has 3 aromatic rings. The molecule has 2 heterocycles. The number of aryl methyl sites for hydroxylation is 1.